The molecule has 0 aliphatic carbocycles. The molecule has 0 amide bonds. The molecule has 2 aromatic rings. The van der Waals surface area contributed by atoms with Crippen molar-refractivity contribution in [1.29, 1.82) is 0 Å². The molecule has 2 rings (SSSR count). The van der Waals surface area contributed by atoms with E-state index in [2.05, 4.69) is 13.8 Å². The van der Waals surface area contributed by atoms with Crippen molar-refractivity contribution in [2.24, 2.45) is 0 Å². The SMILES string of the molecule is CCCCCCCCCCCCCCCCCOC(=O)c1ccccc1C(=O)OC(CC)S(=O)(=O)[O-].CCCCCCCCCCCCCCCCCOC(=O)c1ccccc1C(=O)OC(CC)S(=O)(=O)[O-].[Ca+2]. The predicted molar refractivity (Wildman–Crippen MR) is 287 cm³/mol. The average molecular weight is 1090 g/mol. The number of hydrogen-bond acceptors (Lipinski definition) is 14. The Hall–Kier alpha value is -2.60. The van der Waals surface area contributed by atoms with E-state index in [4.69, 9.17) is 18.9 Å². The summed E-state index contributed by atoms with van der Waals surface area (Å²) in [5.41, 5.74) is -3.87. The van der Waals surface area contributed by atoms with Gasteiger partial charge in [-0.15, -0.1) is 0 Å². The van der Waals surface area contributed by atoms with Crippen LogP contribution < -0.4 is 0 Å². The fraction of sp³-hybridized carbons (Fsp3) is 0.714. The van der Waals surface area contributed by atoms with E-state index in [1.54, 1.807) is 12.1 Å². The molecule has 0 fully saturated rings. The molecule has 412 valence electrons. The summed E-state index contributed by atoms with van der Waals surface area (Å²) < 4.78 is 87.5. The van der Waals surface area contributed by atoms with Gasteiger partial charge in [-0.05, 0) is 49.9 Å². The Balaban J connectivity index is 0.00000140. The first-order valence-electron chi connectivity index (χ1n) is 27.5. The van der Waals surface area contributed by atoms with Gasteiger partial charge in [0.05, 0.1) is 35.5 Å². The molecule has 0 aromatic heterocycles. The third kappa shape index (κ3) is 34.6. The first kappa shape index (κ1) is 70.4. The van der Waals surface area contributed by atoms with Gasteiger partial charge in [-0.3, -0.25) is 0 Å². The number of ether oxygens (including phenoxy) is 4. The quantitative estimate of drug-likeness (QED) is 0.0198. The summed E-state index contributed by atoms with van der Waals surface area (Å²) in [5.74, 6) is -3.43. The van der Waals surface area contributed by atoms with Gasteiger partial charge in [0.15, 0.2) is 10.9 Å². The van der Waals surface area contributed by atoms with Crippen LogP contribution in [0.5, 0.6) is 0 Å². The summed E-state index contributed by atoms with van der Waals surface area (Å²) in [6, 6.07) is 11.7. The first-order valence-corrected chi connectivity index (χ1v) is 30.4. The van der Waals surface area contributed by atoms with E-state index in [0.29, 0.717) is 0 Å². The molecule has 0 saturated carbocycles. The molecule has 73 heavy (non-hydrogen) atoms. The van der Waals surface area contributed by atoms with E-state index in [1.807, 2.05) is 0 Å². The summed E-state index contributed by atoms with van der Waals surface area (Å²) >= 11 is 0. The molecular weight excluding hydrogens is 1000 g/mol. The van der Waals surface area contributed by atoms with Crippen LogP contribution in [0.2, 0.25) is 0 Å². The number of esters is 4. The van der Waals surface area contributed by atoms with Crippen molar-refractivity contribution in [2.45, 2.75) is 244 Å². The summed E-state index contributed by atoms with van der Waals surface area (Å²) in [6.45, 7) is 7.83. The van der Waals surface area contributed by atoms with Gasteiger partial charge in [0.25, 0.3) is 0 Å². The normalized spacial score (nSPS) is 12.1. The fourth-order valence-corrected chi connectivity index (χ4v) is 9.40. The molecule has 0 heterocycles. The van der Waals surface area contributed by atoms with E-state index in [9.17, 15) is 45.1 Å². The summed E-state index contributed by atoms with van der Waals surface area (Å²) in [7, 11) is -9.60. The average Bonchev–Trinajstić information content (AvgIpc) is 3.36. The van der Waals surface area contributed by atoms with Gasteiger partial charge in [0.2, 0.25) is 0 Å². The fourth-order valence-electron chi connectivity index (χ4n) is 8.17. The van der Waals surface area contributed by atoms with E-state index in [0.717, 1.165) is 38.5 Å². The van der Waals surface area contributed by atoms with Crippen LogP contribution >= 0.6 is 0 Å². The van der Waals surface area contributed by atoms with Gasteiger partial charge in [0, 0.05) is 0 Å². The number of hydrogen-bond donors (Lipinski definition) is 0. The Labute approximate surface area is 470 Å². The molecular formula is C56H90CaO14S2. The van der Waals surface area contributed by atoms with Crippen LogP contribution in [0, 0.1) is 0 Å². The molecule has 2 unspecified atom stereocenters. The Morgan fingerprint density at radius 2 is 0.575 bits per heavy atom. The number of carbonyl (C=O) groups excluding carboxylic acids is 4. The first-order chi connectivity index (χ1) is 34.6. The topological polar surface area (TPSA) is 220 Å². The zero-order valence-electron chi connectivity index (χ0n) is 45.1. The maximum atomic E-state index is 12.5. The van der Waals surface area contributed by atoms with Crippen LogP contribution in [-0.4, -0.2) is 112 Å². The van der Waals surface area contributed by atoms with Crippen LogP contribution in [0.25, 0.3) is 0 Å². The number of benzene rings is 2. The smallest absolute Gasteiger partial charge is 0.745 e. The standard InChI is InChI=1S/2C28H46O7S.Ca/c2*1-3-5-6-7-8-9-10-11-12-13-14-15-16-17-20-23-34-27(29)24-21-18-19-22-25(24)28(30)35-26(4-2)36(31,32)33;/h2*18-19,21-22,26H,3-17,20,23H2,1-2H3,(H,31,32,33);/q;;+2/p-2. The second kappa shape index (κ2) is 44.5. The van der Waals surface area contributed by atoms with Crippen molar-refractivity contribution in [1.82, 2.24) is 0 Å². The van der Waals surface area contributed by atoms with Crippen LogP contribution in [-0.2, 0) is 39.2 Å². The van der Waals surface area contributed by atoms with Crippen LogP contribution in [0.4, 0.5) is 0 Å². The van der Waals surface area contributed by atoms with Crippen molar-refractivity contribution in [3.8, 4) is 0 Å². The largest absolute Gasteiger partial charge is 2.00 e. The molecule has 14 nitrogen and oxygen atoms in total. The van der Waals surface area contributed by atoms with E-state index < -0.39 is 55.0 Å². The minimum atomic E-state index is -4.80. The van der Waals surface area contributed by atoms with Crippen molar-refractivity contribution < 1.29 is 64.1 Å². The maximum absolute atomic E-state index is 12.5. The van der Waals surface area contributed by atoms with Gasteiger partial charge in [0.1, 0.15) is 20.2 Å². The molecule has 2 aromatic carbocycles. The summed E-state index contributed by atoms with van der Waals surface area (Å²) in [4.78, 5) is 49.7. The second-order valence-corrected chi connectivity index (χ2v) is 21.8. The van der Waals surface area contributed by atoms with Gasteiger partial charge in [-0.1, -0.05) is 232 Å². The minimum absolute atomic E-state index is 0. The summed E-state index contributed by atoms with van der Waals surface area (Å²) in [5, 5.41) is 0. The van der Waals surface area contributed by atoms with Crippen molar-refractivity contribution in [2.75, 3.05) is 13.2 Å². The van der Waals surface area contributed by atoms with Crippen LogP contribution in [0.1, 0.15) is 275 Å². The van der Waals surface area contributed by atoms with Gasteiger partial charge < -0.3 is 28.1 Å². The maximum Gasteiger partial charge on any atom is 2.00 e. The van der Waals surface area contributed by atoms with Crippen molar-refractivity contribution in [3.63, 3.8) is 0 Å². The minimum Gasteiger partial charge on any atom is -0.745 e. The zero-order valence-corrected chi connectivity index (χ0v) is 48.9. The predicted octanol–water partition coefficient (Wildman–Crippen LogP) is 13.9. The van der Waals surface area contributed by atoms with Crippen molar-refractivity contribution in [3.05, 3.63) is 70.8 Å². The molecule has 2 atom stereocenters. The van der Waals surface area contributed by atoms with Gasteiger partial charge in [-0.25, -0.2) is 36.0 Å². The number of rotatable bonds is 42. The third-order valence-electron chi connectivity index (χ3n) is 12.5. The molecule has 0 N–H and O–H groups in total. The zero-order chi connectivity index (χ0) is 53.3. The molecule has 0 aliphatic rings. The molecule has 0 bridgehead atoms. The van der Waals surface area contributed by atoms with Gasteiger partial charge >= 0.3 is 61.6 Å². The molecule has 17 heteroatoms. The third-order valence-corrected chi connectivity index (χ3v) is 14.6. The van der Waals surface area contributed by atoms with Crippen molar-refractivity contribution >= 4 is 81.9 Å². The van der Waals surface area contributed by atoms with Crippen LogP contribution in [0.15, 0.2) is 48.5 Å². The van der Waals surface area contributed by atoms with E-state index in [-0.39, 0.29) is 86.0 Å². The second-order valence-electron chi connectivity index (χ2n) is 18.7. The molecule has 0 saturated heterocycles. The molecule has 0 aliphatic heterocycles. The Kier molecular flexibility index (Phi) is 42.9. The summed E-state index contributed by atoms with van der Waals surface area (Å²) in [6.07, 6.45) is 37.1. The molecule has 0 radical (unpaired) electrons. The van der Waals surface area contributed by atoms with E-state index in [1.165, 1.54) is 204 Å². The van der Waals surface area contributed by atoms with E-state index >= 15 is 0 Å². The Morgan fingerprint density at radius 1 is 0.370 bits per heavy atom. The Morgan fingerprint density at radius 3 is 0.781 bits per heavy atom. The van der Waals surface area contributed by atoms with Gasteiger partial charge in [-0.2, -0.15) is 0 Å². The number of carbonyl (C=O) groups is 4. The number of unbranched alkanes of at least 4 members (excludes halogenated alkanes) is 28. The molecule has 0 spiro atoms. The van der Waals surface area contributed by atoms with Crippen LogP contribution in [0.3, 0.4) is 0 Å². The monoisotopic (exact) mass is 1090 g/mol. The Bertz CT molecular complexity index is 1850.